The van der Waals surface area contributed by atoms with E-state index >= 15 is 0 Å². The van der Waals surface area contributed by atoms with Gasteiger partial charge in [-0.2, -0.15) is 0 Å². The summed E-state index contributed by atoms with van der Waals surface area (Å²) in [5, 5.41) is 12.3. The van der Waals surface area contributed by atoms with E-state index in [2.05, 4.69) is 10.1 Å². The highest BCUT2D eigenvalue weighted by Gasteiger charge is 2.33. The lowest BCUT2D eigenvalue weighted by molar-refractivity contribution is -0.149. The number of benzene rings is 1. The van der Waals surface area contributed by atoms with Crippen molar-refractivity contribution in [2.75, 3.05) is 13.7 Å². The van der Waals surface area contributed by atoms with Crippen LogP contribution >= 0.6 is 0 Å². The summed E-state index contributed by atoms with van der Waals surface area (Å²) >= 11 is 0. The summed E-state index contributed by atoms with van der Waals surface area (Å²) in [5.74, 6) is -0.535. The number of hydrogen-bond acceptors (Lipinski definition) is 5. The fourth-order valence-corrected chi connectivity index (χ4v) is 2.56. The highest BCUT2D eigenvalue weighted by molar-refractivity contribution is 5.94. The van der Waals surface area contributed by atoms with Gasteiger partial charge in [-0.3, -0.25) is 9.59 Å². The zero-order valence-electron chi connectivity index (χ0n) is 12.5. The predicted octanol–water partition coefficient (Wildman–Crippen LogP) is 0.888. The largest absolute Gasteiger partial charge is 0.469 e. The first-order valence-corrected chi connectivity index (χ1v) is 7.33. The van der Waals surface area contributed by atoms with Gasteiger partial charge >= 0.3 is 5.97 Å². The van der Waals surface area contributed by atoms with Crippen LogP contribution < -0.4 is 5.32 Å². The second-order valence-electron chi connectivity index (χ2n) is 5.28. The molecule has 0 aromatic heterocycles. The first-order chi connectivity index (χ1) is 10.6. The minimum atomic E-state index is -0.518. The van der Waals surface area contributed by atoms with Crippen molar-refractivity contribution in [1.29, 1.82) is 0 Å². The minimum Gasteiger partial charge on any atom is -0.469 e. The van der Waals surface area contributed by atoms with Gasteiger partial charge in [-0.15, -0.1) is 0 Å². The summed E-state index contributed by atoms with van der Waals surface area (Å²) < 4.78 is 10.3. The molecule has 0 saturated carbocycles. The lowest BCUT2D eigenvalue weighted by Crippen LogP contribution is -2.51. The topological polar surface area (TPSA) is 84.9 Å². The number of aliphatic hydroxyl groups is 1. The van der Waals surface area contributed by atoms with Crippen LogP contribution in [0.25, 0.3) is 0 Å². The Bertz CT molecular complexity index is 505. The number of amides is 1. The number of ether oxygens (including phenoxy) is 2. The molecule has 0 aliphatic carbocycles. The molecule has 3 atom stereocenters. The molecule has 2 N–H and O–H groups in total. The number of aliphatic hydroxyl groups excluding tert-OH is 1. The number of carbonyl (C=O) groups is 2. The van der Waals surface area contributed by atoms with Gasteiger partial charge in [0.15, 0.2) is 0 Å². The summed E-state index contributed by atoms with van der Waals surface area (Å²) in [6.07, 6.45) is 0.633. The Hall–Kier alpha value is -1.92. The Morgan fingerprint density at radius 1 is 1.32 bits per heavy atom. The van der Waals surface area contributed by atoms with Crippen LogP contribution in [-0.2, 0) is 14.3 Å². The molecule has 0 radical (unpaired) electrons. The molecule has 1 fully saturated rings. The monoisotopic (exact) mass is 307 g/mol. The third-order valence-corrected chi connectivity index (χ3v) is 3.77. The maximum Gasteiger partial charge on any atom is 0.308 e. The normalized spacial score (nSPS) is 24.5. The van der Waals surface area contributed by atoms with Gasteiger partial charge in [0.25, 0.3) is 5.91 Å². The Labute approximate surface area is 129 Å². The average molecular weight is 307 g/mol. The van der Waals surface area contributed by atoms with Crippen LogP contribution in [0.15, 0.2) is 30.3 Å². The highest BCUT2D eigenvalue weighted by Crippen LogP contribution is 2.22. The summed E-state index contributed by atoms with van der Waals surface area (Å²) in [5.41, 5.74) is 0.566. The fourth-order valence-electron chi connectivity index (χ4n) is 2.56. The Balaban J connectivity index is 1.92. The predicted molar refractivity (Wildman–Crippen MR) is 79.3 cm³/mol. The number of carbonyl (C=O) groups excluding carboxylic acids is 2. The molecule has 1 aromatic rings. The second kappa shape index (κ2) is 7.91. The molecule has 6 nitrogen and oxygen atoms in total. The van der Waals surface area contributed by atoms with Crippen LogP contribution in [0.2, 0.25) is 0 Å². The van der Waals surface area contributed by atoms with Crippen LogP contribution in [0.5, 0.6) is 0 Å². The molecule has 22 heavy (non-hydrogen) atoms. The first-order valence-electron chi connectivity index (χ1n) is 7.33. The molecule has 0 spiro atoms. The highest BCUT2D eigenvalue weighted by atomic mass is 16.5. The van der Waals surface area contributed by atoms with E-state index in [0.717, 1.165) is 0 Å². The molecule has 6 heteroatoms. The Kier molecular flexibility index (Phi) is 5.91. The van der Waals surface area contributed by atoms with E-state index in [4.69, 9.17) is 4.74 Å². The lowest BCUT2D eigenvalue weighted by Gasteiger charge is -2.35. The zero-order chi connectivity index (χ0) is 15.9. The van der Waals surface area contributed by atoms with Gasteiger partial charge in [0.2, 0.25) is 0 Å². The molecule has 1 aliphatic rings. The van der Waals surface area contributed by atoms with Crippen LogP contribution in [0.1, 0.15) is 29.6 Å². The second-order valence-corrected chi connectivity index (χ2v) is 5.28. The van der Waals surface area contributed by atoms with Crippen molar-refractivity contribution in [3.63, 3.8) is 0 Å². The number of nitrogens with one attached hydrogen (secondary N) is 1. The van der Waals surface area contributed by atoms with E-state index in [-0.39, 0.29) is 37.0 Å². The van der Waals surface area contributed by atoms with Gasteiger partial charge < -0.3 is 19.9 Å². The van der Waals surface area contributed by atoms with Crippen LogP contribution in [-0.4, -0.2) is 48.9 Å². The number of methoxy groups -OCH3 is 1. The summed E-state index contributed by atoms with van der Waals surface area (Å²) in [4.78, 5) is 23.4. The van der Waals surface area contributed by atoms with Gasteiger partial charge in [0, 0.05) is 5.56 Å². The molecule has 1 heterocycles. The third-order valence-electron chi connectivity index (χ3n) is 3.77. The maximum absolute atomic E-state index is 12.2. The van der Waals surface area contributed by atoms with Crippen molar-refractivity contribution in [2.45, 2.75) is 37.5 Å². The van der Waals surface area contributed by atoms with Gasteiger partial charge in [0.05, 0.1) is 32.3 Å². The standard InChI is InChI=1S/C16H21NO5/c1-21-15(19)9-12-7-8-13(14(10-18)22-12)17-16(20)11-5-3-2-4-6-11/h2-6,12-14,18H,7-10H2,1H3,(H,17,20)/t12-,13+,14-/m0/s1. The van der Waals surface area contributed by atoms with Crippen molar-refractivity contribution in [3.8, 4) is 0 Å². The third kappa shape index (κ3) is 4.29. The smallest absolute Gasteiger partial charge is 0.308 e. The lowest BCUT2D eigenvalue weighted by atomic mass is 9.97. The van der Waals surface area contributed by atoms with Gasteiger partial charge in [-0.25, -0.2) is 0 Å². The molecule has 1 saturated heterocycles. The number of esters is 1. The average Bonchev–Trinajstić information content (AvgIpc) is 2.56. The fraction of sp³-hybridized carbons (Fsp3) is 0.500. The van der Waals surface area contributed by atoms with Gasteiger partial charge in [-0.05, 0) is 25.0 Å². The Morgan fingerprint density at radius 3 is 2.68 bits per heavy atom. The van der Waals surface area contributed by atoms with E-state index in [9.17, 15) is 14.7 Å². The zero-order valence-corrected chi connectivity index (χ0v) is 12.5. The molecule has 0 bridgehead atoms. The van der Waals surface area contributed by atoms with Gasteiger partial charge in [-0.1, -0.05) is 18.2 Å². The van der Waals surface area contributed by atoms with Crippen molar-refractivity contribution in [2.24, 2.45) is 0 Å². The molecular weight excluding hydrogens is 286 g/mol. The first kappa shape index (κ1) is 16.5. The molecule has 120 valence electrons. The molecule has 2 rings (SSSR count). The summed E-state index contributed by atoms with van der Waals surface area (Å²) in [6.45, 7) is -0.211. The van der Waals surface area contributed by atoms with Crippen molar-refractivity contribution in [1.82, 2.24) is 5.32 Å². The summed E-state index contributed by atoms with van der Waals surface area (Å²) in [7, 11) is 1.33. The van der Waals surface area contributed by atoms with E-state index in [0.29, 0.717) is 18.4 Å². The molecule has 1 amide bonds. The van der Waals surface area contributed by atoms with Crippen LogP contribution in [0.4, 0.5) is 0 Å². The molecular formula is C16H21NO5. The molecule has 0 unspecified atom stereocenters. The molecule has 1 aliphatic heterocycles. The van der Waals surface area contributed by atoms with E-state index < -0.39 is 6.10 Å². The summed E-state index contributed by atoms with van der Waals surface area (Å²) in [6, 6.07) is 8.62. The minimum absolute atomic E-state index is 0.159. The SMILES string of the molecule is COC(=O)C[C@@H]1CC[C@@H](NC(=O)c2ccccc2)[C@H](CO)O1. The molecule has 1 aromatic carbocycles. The van der Waals surface area contributed by atoms with Crippen molar-refractivity contribution in [3.05, 3.63) is 35.9 Å². The van der Waals surface area contributed by atoms with E-state index in [1.807, 2.05) is 6.07 Å². The van der Waals surface area contributed by atoms with E-state index in [1.165, 1.54) is 7.11 Å². The van der Waals surface area contributed by atoms with Crippen molar-refractivity contribution < 1.29 is 24.2 Å². The quantitative estimate of drug-likeness (QED) is 0.789. The maximum atomic E-state index is 12.2. The van der Waals surface area contributed by atoms with Crippen LogP contribution in [0.3, 0.4) is 0 Å². The number of rotatable bonds is 5. The van der Waals surface area contributed by atoms with Crippen LogP contribution in [0, 0.1) is 0 Å². The van der Waals surface area contributed by atoms with Gasteiger partial charge in [0.1, 0.15) is 6.10 Å². The Morgan fingerprint density at radius 2 is 2.05 bits per heavy atom. The van der Waals surface area contributed by atoms with E-state index in [1.54, 1.807) is 24.3 Å². The number of hydrogen-bond donors (Lipinski definition) is 2. The van der Waals surface area contributed by atoms with Crippen molar-refractivity contribution >= 4 is 11.9 Å².